The van der Waals surface area contributed by atoms with Crippen molar-refractivity contribution >= 4 is 16.9 Å². The Labute approximate surface area is 158 Å². The zero-order valence-electron chi connectivity index (χ0n) is 14.8. The summed E-state index contributed by atoms with van der Waals surface area (Å²) >= 11 is 0. The maximum atomic E-state index is 14.1. The van der Waals surface area contributed by atoms with E-state index in [0.717, 1.165) is 17.1 Å². The lowest BCUT2D eigenvalue weighted by Crippen LogP contribution is -2.20. The van der Waals surface area contributed by atoms with Crippen molar-refractivity contribution in [2.75, 3.05) is 7.11 Å². The number of hydrogen-bond acceptors (Lipinski definition) is 5. The van der Waals surface area contributed by atoms with Gasteiger partial charge in [-0.25, -0.2) is 14.2 Å². The minimum absolute atomic E-state index is 0.193. The van der Waals surface area contributed by atoms with E-state index in [2.05, 4.69) is 19.8 Å². The lowest BCUT2D eigenvalue weighted by atomic mass is 10.2. The molecule has 7 nitrogen and oxygen atoms in total. The third-order valence-electron chi connectivity index (χ3n) is 4.36. The van der Waals surface area contributed by atoms with E-state index in [4.69, 9.17) is 0 Å². The number of nitrogens with one attached hydrogen (secondary N) is 1. The molecule has 0 aliphatic carbocycles. The zero-order valence-corrected chi connectivity index (χ0v) is 14.8. The first kappa shape index (κ1) is 17.6. The molecule has 4 aromatic rings. The van der Waals surface area contributed by atoms with Gasteiger partial charge in [0.25, 0.3) is 5.56 Å². The zero-order chi connectivity index (χ0) is 19.7. The second-order valence-corrected chi connectivity index (χ2v) is 6.08. The summed E-state index contributed by atoms with van der Waals surface area (Å²) in [6.07, 6.45) is 1.16. The molecule has 0 spiro atoms. The Kier molecular flexibility index (Phi) is 4.44. The number of carbonyl (C=O) groups excluding carboxylic acids is 1. The van der Waals surface area contributed by atoms with Crippen LogP contribution in [0.4, 0.5) is 4.39 Å². The van der Waals surface area contributed by atoms with Gasteiger partial charge in [0.1, 0.15) is 17.1 Å². The molecule has 0 aliphatic heterocycles. The number of benzene rings is 2. The van der Waals surface area contributed by atoms with Crippen LogP contribution < -0.4 is 5.56 Å². The molecular weight excluding hydrogens is 363 g/mol. The van der Waals surface area contributed by atoms with Crippen LogP contribution in [0.3, 0.4) is 0 Å². The normalized spacial score (nSPS) is 10.9. The van der Waals surface area contributed by atoms with E-state index in [-0.39, 0.29) is 23.7 Å². The smallest absolute Gasteiger partial charge is 0.345 e. The molecule has 0 atom stereocenters. The fraction of sp³-hybridized carbons (Fsp3) is 0.100. The molecule has 2 aromatic heterocycles. The molecule has 0 bridgehead atoms. The molecule has 28 heavy (non-hydrogen) atoms. The van der Waals surface area contributed by atoms with Crippen molar-refractivity contribution in [3.05, 3.63) is 82.0 Å². The molecule has 0 saturated heterocycles. The summed E-state index contributed by atoms with van der Waals surface area (Å²) in [4.78, 5) is 30.5. The third kappa shape index (κ3) is 3.05. The van der Waals surface area contributed by atoms with Crippen LogP contribution >= 0.6 is 0 Å². The van der Waals surface area contributed by atoms with E-state index < -0.39 is 11.5 Å². The fourth-order valence-electron chi connectivity index (χ4n) is 2.98. The van der Waals surface area contributed by atoms with Gasteiger partial charge in [0, 0.05) is 17.1 Å². The summed E-state index contributed by atoms with van der Waals surface area (Å²) in [5, 5.41) is 5.28. The van der Waals surface area contributed by atoms with Crippen LogP contribution in [-0.4, -0.2) is 32.8 Å². The summed E-state index contributed by atoms with van der Waals surface area (Å²) < 4.78 is 20.3. The van der Waals surface area contributed by atoms with Gasteiger partial charge in [-0.15, -0.1) is 0 Å². The summed E-state index contributed by atoms with van der Waals surface area (Å²) in [6.45, 7) is 0.220. The van der Waals surface area contributed by atoms with Gasteiger partial charge in [0.15, 0.2) is 5.82 Å². The Morgan fingerprint density at radius 3 is 2.68 bits per heavy atom. The van der Waals surface area contributed by atoms with E-state index in [1.54, 1.807) is 22.9 Å². The van der Waals surface area contributed by atoms with Crippen LogP contribution in [0, 0.1) is 5.82 Å². The molecular formula is C20H15FN4O3. The molecule has 140 valence electrons. The minimum atomic E-state index is -0.768. The predicted octanol–water partition coefficient (Wildman–Crippen LogP) is 2.76. The predicted molar refractivity (Wildman–Crippen MR) is 100 cm³/mol. The van der Waals surface area contributed by atoms with E-state index in [1.165, 1.54) is 13.2 Å². The highest BCUT2D eigenvalue weighted by Gasteiger charge is 2.18. The number of aromatic nitrogens is 4. The number of rotatable bonds is 4. The maximum Gasteiger partial charge on any atom is 0.345 e. The number of ether oxygens (including phenoxy) is 1. The molecule has 0 aliphatic rings. The van der Waals surface area contributed by atoms with Crippen molar-refractivity contribution in [2.24, 2.45) is 0 Å². The van der Waals surface area contributed by atoms with Crippen molar-refractivity contribution in [3.63, 3.8) is 0 Å². The highest BCUT2D eigenvalue weighted by molar-refractivity contribution is 5.92. The summed E-state index contributed by atoms with van der Waals surface area (Å²) in [5.41, 5.74) is 0.872. The van der Waals surface area contributed by atoms with Gasteiger partial charge in [0.05, 0.1) is 19.2 Å². The number of carbonyl (C=O) groups is 1. The Morgan fingerprint density at radius 1 is 1.18 bits per heavy atom. The van der Waals surface area contributed by atoms with Gasteiger partial charge in [-0.3, -0.25) is 9.48 Å². The molecule has 0 fully saturated rings. The number of halogens is 1. The largest absolute Gasteiger partial charge is 0.465 e. The quantitative estimate of drug-likeness (QED) is 0.552. The van der Waals surface area contributed by atoms with Crippen LogP contribution in [0.5, 0.6) is 0 Å². The second kappa shape index (κ2) is 7.07. The highest BCUT2D eigenvalue weighted by atomic mass is 19.1. The molecule has 8 heteroatoms. The van der Waals surface area contributed by atoms with Crippen LogP contribution in [-0.2, 0) is 11.3 Å². The minimum Gasteiger partial charge on any atom is -0.465 e. The Hall–Kier alpha value is -3.81. The number of nitrogens with zero attached hydrogens (tertiary/aromatic N) is 3. The van der Waals surface area contributed by atoms with E-state index in [0.29, 0.717) is 11.3 Å². The number of fused-ring (bicyclic) bond motifs is 1. The maximum absolute atomic E-state index is 14.1. The van der Waals surface area contributed by atoms with E-state index >= 15 is 0 Å². The topological polar surface area (TPSA) is 89.9 Å². The Morgan fingerprint density at radius 2 is 1.93 bits per heavy atom. The second-order valence-electron chi connectivity index (χ2n) is 6.08. The lowest BCUT2D eigenvalue weighted by molar-refractivity contribution is 0.0598. The molecule has 4 rings (SSSR count). The first-order chi connectivity index (χ1) is 13.6. The number of para-hydroxylation sites is 1. The first-order valence-electron chi connectivity index (χ1n) is 8.45. The van der Waals surface area contributed by atoms with Crippen LogP contribution in [0.1, 0.15) is 15.9 Å². The van der Waals surface area contributed by atoms with Gasteiger partial charge in [-0.1, -0.05) is 36.4 Å². The number of methoxy groups -OCH3 is 1. The van der Waals surface area contributed by atoms with Crippen molar-refractivity contribution in [1.29, 1.82) is 0 Å². The third-order valence-corrected chi connectivity index (χ3v) is 4.36. The van der Waals surface area contributed by atoms with Gasteiger partial charge >= 0.3 is 5.97 Å². The van der Waals surface area contributed by atoms with Gasteiger partial charge < -0.3 is 9.72 Å². The van der Waals surface area contributed by atoms with Crippen LogP contribution in [0.2, 0.25) is 0 Å². The van der Waals surface area contributed by atoms with Gasteiger partial charge in [0.2, 0.25) is 0 Å². The van der Waals surface area contributed by atoms with Crippen LogP contribution in [0.25, 0.3) is 22.4 Å². The molecule has 0 amide bonds. The number of aromatic amines is 1. The van der Waals surface area contributed by atoms with Crippen molar-refractivity contribution < 1.29 is 13.9 Å². The summed E-state index contributed by atoms with van der Waals surface area (Å²) in [5.74, 6) is -0.881. The number of hydrogen-bond donors (Lipinski definition) is 1. The number of esters is 1. The first-order valence-corrected chi connectivity index (χ1v) is 8.45. The highest BCUT2D eigenvalue weighted by Crippen LogP contribution is 2.26. The average molecular weight is 378 g/mol. The summed E-state index contributed by atoms with van der Waals surface area (Å²) in [7, 11) is 1.19. The SMILES string of the molecule is COC(=O)c1cnc(-c2nn(Cc3ccccc3F)c3ccccc23)[nH]c1=O. The Balaban J connectivity index is 1.83. The standard InChI is InChI=1S/C20H15FN4O3/c1-28-20(27)14-10-22-18(23-19(14)26)17-13-7-3-5-9-16(13)25(24-17)11-12-6-2-4-8-15(12)21/h2-10H,11H2,1H3,(H,22,23,26). The molecule has 1 N–H and O–H groups in total. The van der Waals surface area contributed by atoms with E-state index in [1.807, 2.05) is 24.3 Å². The molecule has 2 aromatic carbocycles. The lowest BCUT2D eigenvalue weighted by Gasteiger charge is -2.04. The summed E-state index contributed by atoms with van der Waals surface area (Å²) in [6, 6.07) is 13.9. The van der Waals surface area contributed by atoms with Crippen molar-refractivity contribution in [3.8, 4) is 11.5 Å². The molecule has 0 saturated carbocycles. The Bertz CT molecular complexity index is 1250. The molecule has 0 unspecified atom stereocenters. The molecule has 0 radical (unpaired) electrons. The van der Waals surface area contributed by atoms with Crippen molar-refractivity contribution in [2.45, 2.75) is 6.54 Å². The van der Waals surface area contributed by atoms with Gasteiger partial charge in [-0.05, 0) is 12.1 Å². The van der Waals surface area contributed by atoms with Gasteiger partial charge in [-0.2, -0.15) is 5.10 Å². The van der Waals surface area contributed by atoms with Crippen LogP contribution in [0.15, 0.2) is 59.5 Å². The average Bonchev–Trinajstić information content (AvgIpc) is 3.08. The fourth-order valence-corrected chi connectivity index (χ4v) is 2.98. The molecule has 2 heterocycles. The monoisotopic (exact) mass is 378 g/mol. The van der Waals surface area contributed by atoms with E-state index in [9.17, 15) is 14.0 Å². The van der Waals surface area contributed by atoms with Crippen molar-refractivity contribution in [1.82, 2.24) is 19.7 Å². The number of H-pyrrole nitrogens is 1.